The Labute approximate surface area is 206 Å². The van der Waals surface area contributed by atoms with Crippen LogP contribution in [0.4, 0.5) is 4.79 Å². The van der Waals surface area contributed by atoms with Gasteiger partial charge < -0.3 is 24.0 Å². The molecule has 0 saturated heterocycles. The van der Waals surface area contributed by atoms with E-state index < -0.39 is 5.97 Å². The standard InChI is InChI=1S/C27H37N3O5/c1-34-21-9-6-17(7-10-21)15-30-23-11-8-18-12-13-29(27(33)35-2)16-22(18)24(23)28-25(30)19-4-3-5-20(14-19)26(31)32/h8,11,17,19-21H,3-7,9-10,12-16H2,1-2H3,(H,31,32)/t17-,19-,20-,21-/m1/s1. The van der Waals surface area contributed by atoms with Crippen LogP contribution in [0.25, 0.3) is 11.0 Å². The molecule has 2 fully saturated rings. The first-order valence-electron chi connectivity index (χ1n) is 13.1. The number of carboxylic acids is 1. The van der Waals surface area contributed by atoms with Crippen molar-refractivity contribution in [2.24, 2.45) is 11.8 Å². The van der Waals surface area contributed by atoms with Gasteiger partial charge in [0, 0.05) is 31.7 Å². The molecule has 2 saturated carbocycles. The number of amides is 1. The van der Waals surface area contributed by atoms with Crippen molar-refractivity contribution in [1.82, 2.24) is 14.5 Å². The summed E-state index contributed by atoms with van der Waals surface area (Å²) in [5.74, 6) is 0.732. The highest BCUT2D eigenvalue weighted by molar-refractivity contribution is 5.82. The maximum Gasteiger partial charge on any atom is 0.409 e. The normalized spacial score (nSPS) is 27.0. The molecule has 1 N–H and O–H groups in total. The van der Waals surface area contributed by atoms with Gasteiger partial charge >= 0.3 is 12.1 Å². The molecule has 190 valence electrons. The van der Waals surface area contributed by atoms with E-state index in [4.69, 9.17) is 14.5 Å². The molecule has 0 unspecified atom stereocenters. The van der Waals surface area contributed by atoms with Crippen LogP contribution in [0.1, 0.15) is 74.2 Å². The van der Waals surface area contributed by atoms with E-state index in [1.165, 1.54) is 12.7 Å². The van der Waals surface area contributed by atoms with Gasteiger partial charge in [0.15, 0.2) is 0 Å². The van der Waals surface area contributed by atoms with Crippen molar-refractivity contribution < 1.29 is 24.2 Å². The fraction of sp³-hybridized carbons (Fsp3) is 0.667. The molecule has 2 atom stereocenters. The Balaban J connectivity index is 1.53. The van der Waals surface area contributed by atoms with Crippen LogP contribution in [0.5, 0.6) is 0 Å². The molecule has 1 amide bonds. The average Bonchev–Trinajstić information content (AvgIpc) is 3.27. The number of aliphatic carboxylic acids is 1. The quantitative estimate of drug-likeness (QED) is 0.661. The first-order valence-corrected chi connectivity index (χ1v) is 13.1. The molecule has 1 aliphatic heterocycles. The molecule has 2 aromatic rings. The van der Waals surface area contributed by atoms with Gasteiger partial charge in [0.05, 0.1) is 36.7 Å². The lowest BCUT2D eigenvalue weighted by Gasteiger charge is -2.30. The Morgan fingerprint density at radius 1 is 1.11 bits per heavy atom. The third kappa shape index (κ3) is 4.77. The molecule has 0 radical (unpaired) electrons. The topological polar surface area (TPSA) is 93.9 Å². The number of imidazole rings is 1. The molecule has 0 bridgehead atoms. The molecule has 2 heterocycles. The summed E-state index contributed by atoms with van der Waals surface area (Å²) in [5, 5.41) is 9.70. The second-order valence-corrected chi connectivity index (χ2v) is 10.6. The molecule has 3 aliphatic rings. The zero-order valence-corrected chi connectivity index (χ0v) is 20.9. The van der Waals surface area contributed by atoms with Crippen molar-refractivity contribution >= 4 is 23.1 Å². The van der Waals surface area contributed by atoms with Gasteiger partial charge in [-0.05, 0) is 68.9 Å². The molecule has 1 aromatic carbocycles. The van der Waals surface area contributed by atoms with Crippen LogP contribution in [0, 0.1) is 11.8 Å². The van der Waals surface area contributed by atoms with Gasteiger partial charge in [-0.25, -0.2) is 9.78 Å². The number of fused-ring (bicyclic) bond motifs is 3. The van der Waals surface area contributed by atoms with Crippen molar-refractivity contribution in [3.05, 3.63) is 29.1 Å². The van der Waals surface area contributed by atoms with Gasteiger partial charge in [0.2, 0.25) is 0 Å². The maximum atomic E-state index is 12.3. The monoisotopic (exact) mass is 483 g/mol. The number of aromatic nitrogens is 2. The molecule has 35 heavy (non-hydrogen) atoms. The Kier molecular flexibility index (Phi) is 7.00. The van der Waals surface area contributed by atoms with Crippen LogP contribution in [0.2, 0.25) is 0 Å². The van der Waals surface area contributed by atoms with E-state index >= 15 is 0 Å². The van der Waals surface area contributed by atoms with E-state index in [0.29, 0.717) is 31.5 Å². The number of ether oxygens (including phenoxy) is 2. The zero-order chi connectivity index (χ0) is 24.5. The number of rotatable bonds is 5. The predicted octanol–water partition coefficient (Wildman–Crippen LogP) is 4.72. The highest BCUT2D eigenvalue weighted by Crippen LogP contribution is 2.40. The summed E-state index contributed by atoms with van der Waals surface area (Å²) in [7, 11) is 3.22. The number of methoxy groups -OCH3 is 2. The highest BCUT2D eigenvalue weighted by atomic mass is 16.5. The Morgan fingerprint density at radius 3 is 2.63 bits per heavy atom. The Hall–Kier alpha value is -2.61. The number of carbonyl (C=O) groups is 2. The highest BCUT2D eigenvalue weighted by Gasteiger charge is 2.33. The largest absolute Gasteiger partial charge is 0.481 e. The van der Waals surface area contributed by atoms with Gasteiger partial charge in [-0.2, -0.15) is 0 Å². The van der Waals surface area contributed by atoms with Gasteiger partial charge in [-0.1, -0.05) is 12.5 Å². The smallest absolute Gasteiger partial charge is 0.409 e. The second kappa shape index (κ2) is 10.2. The predicted molar refractivity (Wildman–Crippen MR) is 131 cm³/mol. The van der Waals surface area contributed by atoms with Crippen molar-refractivity contribution in [3.63, 3.8) is 0 Å². The van der Waals surface area contributed by atoms with Crippen LogP contribution in [-0.2, 0) is 33.8 Å². The Bertz CT molecular complexity index is 1090. The molecular formula is C27H37N3O5. The second-order valence-electron chi connectivity index (χ2n) is 10.6. The van der Waals surface area contributed by atoms with Crippen LogP contribution in [-0.4, -0.2) is 58.5 Å². The van der Waals surface area contributed by atoms with E-state index in [2.05, 4.69) is 16.7 Å². The van der Waals surface area contributed by atoms with Crippen LogP contribution >= 0.6 is 0 Å². The van der Waals surface area contributed by atoms with E-state index in [0.717, 1.165) is 80.3 Å². The third-order valence-corrected chi connectivity index (χ3v) is 8.54. The molecule has 0 spiro atoms. The molecule has 2 aliphatic carbocycles. The van der Waals surface area contributed by atoms with E-state index in [1.807, 2.05) is 0 Å². The van der Waals surface area contributed by atoms with Gasteiger partial charge in [-0.15, -0.1) is 0 Å². The minimum Gasteiger partial charge on any atom is -0.481 e. The van der Waals surface area contributed by atoms with E-state index in [-0.39, 0.29) is 17.9 Å². The summed E-state index contributed by atoms with van der Waals surface area (Å²) in [6.07, 6.45) is 8.53. The minimum absolute atomic E-state index is 0.142. The third-order valence-electron chi connectivity index (χ3n) is 8.54. The lowest BCUT2D eigenvalue weighted by atomic mass is 9.81. The SMILES string of the molecule is COC(=O)N1CCc2ccc3c(nc([C@@H]4CCC[C@@H](C(=O)O)C4)n3C[C@H]3CC[C@H](OC)CC3)c2C1. The summed E-state index contributed by atoms with van der Waals surface area (Å²) >= 11 is 0. The summed E-state index contributed by atoms with van der Waals surface area (Å²) in [6.45, 7) is 2.04. The minimum atomic E-state index is -0.693. The number of hydrogen-bond acceptors (Lipinski definition) is 5. The van der Waals surface area contributed by atoms with E-state index in [9.17, 15) is 14.7 Å². The van der Waals surface area contributed by atoms with Gasteiger partial charge in [0.25, 0.3) is 0 Å². The number of benzene rings is 1. The zero-order valence-electron chi connectivity index (χ0n) is 20.9. The molecule has 8 heteroatoms. The maximum absolute atomic E-state index is 12.3. The first kappa shape index (κ1) is 24.1. The summed E-state index contributed by atoms with van der Waals surface area (Å²) in [5.41, 5.74) is 4.42. The van der Waals surface area contributed by atoms with Crippen molar-refractivity contribution in [2.45, 2.75) is 82.9 Å². The van der Waals surface area contributed by atoms with Crippen LogP contribution in [0.3, 0.4) is 0 Å². The van der Waals surface area contributed by atoms with Gasteiger partial charge in [-0.3, -0.25) is 4.79 Å². The molecule has 5 rings (SSSR count). The van der Waals surface area contributed by atoms with Crippen LogP contribution in [0.15, 0.2) is 12.1 Å². The van der Waals surface area contributed by atoms with Crippen molar-refractivity contribution in [3.8, 4) is 0 Å². The average molecular weight is 484 g/mol. The number of carbonyl (C=O) groups excluding carboxylic acids is 1. The molecule has 8 nitrogen and oxygen atoms in total. The summed E-state index contributed by atoms with van der Waals surface area (Å²) in [6, 6.07) is 4.38. The first-order chi connectivity index (χ1) is 17.0. The lowest BCUT2D eigenvalue weighted by molar-refractivity contribution is -0.143. The van der Waals surface area contributed by atoms with Crippen molar-refractivity contribution in [1.29, 1.82) is 0 Å². The Morgan fingerprint density at radius 2 is 1.91 bits per heavy atom. The number of hydrogen-bond donors (Lipinski definition) is 1. The van der Waals surface area contributed by atoms with Crippen LogP contribution < -0.4 is 0 Å². The summed E-state index contributed by atoms with van der Waals surface area (Å²) in [4.78, 5) is 31.0. The molecular weight excluding hydrogens is 446 g/mol. The fourth-order valence-electron chi connectivity index (χ4n) is 6.49. The van der Waals surface area contributed by atoms with E-state index in [1.54, 1.807) is 12.0 Å². The fourth-order valence-corrected chi connectivity index (χ4v) is 6.49. The summed E-state index contributed by atoms with van der Waals surface area (Å²) < 4.78 is 13.0. The number of carboxylic acid groups (broad SMARTS) is 1. The lowest BCUT2D eigenvalue weighted by Crippen LogP contribution is -2.35. The number of nitrogens with zero attached hydrogens (tertiary/aromatic N) is 3. The van der Waals surface area contributed by atoms with Gasteiger partial charge in [0.1, 0.15) is 5.82 Å². The molecule has 1 aromatic heterocycles. The van der Waals surface area contributed by atoms with Crippen molar-refractivity contribution in [2.75, 3.05) is 20.8 Å².